The zero-order valence-electron chi connectivity index (χ0n) is 19.2. The molecule has 0 aromatic rings. The van der Waals surface area contributed by atoms with Gasteiger partial charge in [-0.3, -0.25) is 19.2 Å². The van der Waals surface area contributed by atoms with Crippen molar-refractivity contribution in [2.24, 2.45) is 17.6 Å². The fraction of sp³-hybridized carbons (Fsp3) is 0.750. The fourth-order valence-electron chi connectivity index (χ4n) is 2.78. The molecule has 0 aromatic heterocycles. The van der Waals surface area contributed by atoms with Gasteiger partial charge in [-0.15, -0.1) is 0 Å². The first-order valence-corrected chi connectivity index (χ1v) is 11.8. The first-order chi connectivity index (χ1) is 14.8. The second-order valence-corrected chi connectivity index (χ2v) is 9.29. The number of hydrogen-bond acceptors (Lipinski definition) is 7. The lowest BCUT2D eigenvalue weighted by molar-refractivity contribution is -0.147. The molecule has 0 aliphatic heterocycles. The van der Waals surface area contributed by atoms with Gasteiger partial charge in [-0.25, -0.2) is 4.79 Å². The number of nitrogens with two attached hydrogens (primary N) is 1. The number of hydrogen-bond donors (Lipinski definition) is 6. The Morgan fingerprint density at radius 2 is 1.44 bits per heavy atom. The zero-order chi connectivity index (χ0) is 25.0. The summed E-state index contributed by atoms with van der Waals surface area (Å²) in [5.41, 5.74) is 5.87. The van der Waals surface area contributed by atoms with Crippen molar-refractivity contribution < 1.29 is 34.2 Å². The fourth-order valence-corrected chi connectivity index (χ4v) is 3.27. The lowest BCUT2D eigenvalue weighted by Gasteiger charge is -2.27. The number of rotatable bonds is 15. The van der Waals surface area contributed by atoms with Crippen LogP contribution in [-0.4, -0.2) is 76.0 Å². The van der Waals surface area contributed by atoms with Crippen molar-refractivity contribution in [3.63, 3.8) is 0 Å². The van der Waals surface area contributed by atoms with E-state index in [4.69, 9.17) is 15.9 Å². The second-order valence-electron chi connectivity index (χ2n) is 8.31. The molecule has 184 valence electrons. The summed E-state index contributed by atoms with van der Waals surface area (Å²) in [6, 6.07) is -4.48. The third-order valence-electron chi connectivity index (χ3n) is 4.55. The third kappa shape index (κ3) is 11.3. The third-order valence-corrected chi connectivity index (χ3v) is 5.19. The molecule has 7 N–H and O–H groups in total. The minimum atomic E-state index is -1.64. The van der Waals surface area contributed by atoms with Gasteiger partial charge in [-0.05, 0) is 36.7 Å². The predicted octanol–water partition coefficient (Wildman–Crippen LogP) is -0.217. The zero-order valence-corrected chi connectivity index (χ0v) is 20.0. The molecule has 0 saturated heterocycles. The van der Waals surface area contributed by atoms with Crippen LogP contribution in [0.1, 0.15) is 47.0 Å². The largest absolute Gasteiger partial charge is 0.481 e. The summed E-state index contributed by atoms with van der Waals surface area (Å²) in [6.45, 7) is 7.07. The van der Waals surface area contributed by atoms with Crippen molar-refractivity contribution in [1.29, 1.82) is 0 Å². The summed E-state index contributed by atoms with van der Waals surface area (Å²) in [5, 5.41) is 25.4. The summed E-state index contributed by atoms with van der Waals surface area (Å²) >= 11 is 1.54. The van der Waals surface area contributed by atoms with Gasteiger partial charge in [-0.1, -0.05) is 27.7 Å². The molecule has 11 nitrogen and oxygen atoms in total. The average Bonchev–Trinajstić information content (AvgIpc) is 2.67. The number of thioether (sulfide) groups is 1. The van der Waals surface area contributed by atoms with Crippen LogP contribution in [0, 0.1) is 11.8 Å². The van der Waals surface area contributed by atoms with E-state index >= 15 is 0 Å². The van der Waals surface area contributed by atoms with E-state index in [1.54, 1.807) is 25.6 Å². The molecule has 12 heteroatoms. The molecule has 0 saturated carbocycles. The molecular weight excluding hydrogens is 440 g/mol. The summed E-state index contributed by atoms with van der Waals surface area (Å²) in [5.74, 6) is -4.46. The molecule has 0 aliphatic carbocycles. The molecule has 3 amide bonds. The van der Waals surface area contributed by atoms with E-state index in [1.165, 1.54) is 0 Å². The normalized spacial score (nSPS) is 14.9. The van der Waals surface area contributed by atoms with E-state index in [0.717, 1.165) is 0 Å². The predicted molar refractivity (Wildman–Crippen MR) is 121 cm³/mol. The highest BCUT2D eigenvalue weighted by atomic mass is 32.2. The minimum Gasteiger partial charge on any atom is -0.481 e. The van der Waals surface area contributed by atoms with E-state index < -0.39 is 60.2 Å². The summed E-state index contributed by atoms with van der Waals surface area (Å²) in [4.78, 5) is 60.1. The van der Waals surface area contributed by atoms with Crippen molar-refractivity contribution >= 4 is 41.4 Å². The summed E-state index contributed by atoms with van der Waals surface area (Å²) < 4.78 is 0. The van der Waals surface area contributed by atoms with Crippen LogP contribution in [0.5, 0.6) is 0 Å². The number of carbonyl (C=O) groups excluding carboxylic acids is 3. The van der Waals surface area contributed by atoms with Crippen molar-refractivity contribution in [3.8, 4) is 0 Å². The van der Waals surface area contributed by atoms with Gasteiger partial charge in [0, 0.05) is 0 Å². The highest BCUT2D eigenvalue weighted by Gasteiger charge is 2.32. The lowest BCUT2D eigenvalue weighted by Crippen LogP contribution is -2.58. The Morgan fingerprint density at radius 1 is 0.875 bits per heavy atom. The molecule has 0 fully saturated rings. The number of carboxylic acids is 2. The number of amides is 3. The van der Waals surface area contributed by atoms with Crippen molar-refractivity contribution in [1.82, 2.24) is 16.0 Å². The molecule has 0 radical (unpaired) electrons. The van der Waals surface area contributed by atoms with Crippen LogP contribution in [0.4, 0.5) is 0 Å². The van der Waals surface area contributed by atoms with E-state index in [2.05, 4.69) is 16.0 Å². The van der Waals surface area contributed by atoms with Crippen LogP contribution in [0.2, 0.25) is 0 Å². The molecule has 0 rings (SSSR count). The van der Waals surface area contributed by atoms with Crippen molar-refractivity contribution in [3.05, 3.63) is 0 Å². The maximum absolute atomic E-state index is 12.9. The Labute approximate surface area is 192 Å². The Hall–Kier alpha value is -2.34. The smallest absolute Gasteiger partial charge is 0.326 e. The molecule has 0 spiro atoms. The molecule has 32 heavy (non-hydrogen) atoms. The van der Waals surface area contributed by atoms with Gasteiger partial charge in [0.15, 0.2) is 0 Å². The van der Waals surface area contributed by atoms with Gasteiger partial charge in [0.05, 0.1) is 12.5 Å². The Kier molecular flexibility index (Phi) is 13.6. The van der Waals surface area contributed by atoms with Crippen LogP contribution < -0.4 is 21.7 Å². The molecule has 0 aliphatic rings. The van der Waals surface area contributed by atoms with Crippen LogP contribution in [0.25, 0.3) is 0 Å². The standard InChI is InChI=1S/C20H36N4O7S/c1-10(2)8-13(18(28)23-14(20(30)31)9-15(25)26)22-19(29)16(11(3)4)24-17(27)12(21)6-7-32-5/h10-14,16H,6-9,21H2,1-5H3,(H,22,29)(H,23,28)(H,24,27)(H,25,26)(H,30,31). The molecular formula is C20H36N4O7S. The van der Waals surface area contributed by atoms with Crippen LogP contribution in [0.3, 0.4) is 0 Å². The maximum atomic E-state index is 12.9. The molecule has 4 atom stereocenters. The van der Waals surface area contributed by atoms with Gasteiger partial charge >= 0.3 is 11.9 Å². The van der Waals surface area contributed by atoms with Crippen LogP contribution in [0.15, 0.2) is 0 Å². The van der Waals surface area contributed by atoms with Crippen LogP contribution in [-0.2, 0) is 24.0 Å². The Balaban J connectivity index is 5.40. The van der Waals surface area contributed by atoms with E-state index in [-0.39, 0.29) is 18.3 Å². The number of aliphatic carboxylic acids is 2. The topological polar surface area (TPSA) is 188 Å². The molecule has 4 unspecified atom stereocenters. The molecule has 0 aromatic carbocycles. The Bertz CT molecular complexity index is 672. The van der Waals surface area contributed by atoms with Crippen molar-refractivity contribution in [2.75, 3.05) is 12.0 Å². The van der Waals surface area contributed by atoms with E-state index in [0.29, 0.717) is 12.2 Å². The monoisotopic (exact) mass is 476 g/mol. The van der Waals surface area contributed by atoms with Crippen LogP contribution >= 0.6 is 11.8 Å². The number of carboxylic acid groups (broad SMARTS) is 2. The van der Waals surface area contributed by atoms with Gasteiger partial charge in [-0.2, -0.15) is 11.8 Å². The second kappa shape index (κ2) is 14.7. The van der Waals surface area contributed by atoms with E-state index in [9.17, 15) is 24.0 Å². The number of carbonyl (C=O) groups is 5. The van der Waals surface area contributed by atoms with Gasteiger partial charge in [0.2, 0.25) is 17.7 Å². The molecule has 0 heterocycles. The van der Waals surface area contributed by atoms with Crippen molar-refractivity contribution in [2.45, 2.75) is 71.1 Å². The first-order valence-electron chi connectivity index (χ1n) is 10.4. The van der Waals surface area contributed by atoms with Gasteiger partial charge in [0.25, 0.3) is 0 Å². The first kappa shape index (κ1) is 29.7. The Morgan fingerprint density at radius 3 is 1.88 bits per heavy atom. The molecule has 0 bridgehead atoms. The minimum absolute atomic E-state index is 0.0409. The summed E-state index contributed by atoms with van der Waals surface area (Å²) in [6.07, 6.45) is 1.71. The lowest BCUT2D eigenvalue weighted by atomic mass is 9.99. The summed E-state index contributed by atoms with van der Waals surface area (Å²) in [7, 11) is 0. The average molecular weight is 477 g/mol. The maximum Gasteiger partial charge on any atom is 0.326 e. The van der Waals surface area contributed by atoms with Gasteiger partial charge < -0.3 is 31.9 Å². The quantitative estimate of drug-likeness (QED) is 0.186. The SMILES string of the molecule is CSCCC(N)C(=O)NC(C(=O)NC(CC(C)C)C(=O)NC(CC(=O)O)C(=O)O)C(C)C. The van der Waals surface area contributed by atoms with E-state index in [1.807, 2.05) is 20.1 Å². The number of nitrogens with one attached hydrogen (secondary N) is 3. The highest BCUT2D eigenvalue weighted by Crippen LogP contribution is 2.09. The highest BCUT2D eigenvalue weighted by molar-refractivity contribution is 7.98. The van der Waals surface area contributed by atoms with Gasteiger partial charge in [0.1, 0.15) is 18.1 Å².